The first kappa shape index (κ1) is 10.5. The topological polar surface area (TPSA) is 75.3 Å². The monoisotopic (exact) mass is 156 g/mol. The van der Waals surface area contributed by atoms with Gasteiger partial charge >= 0.3 is 5.97 Å². The number of unbranched alkanes of at least 4 members (excludes halogenated alkanes) is 1. The molecule has 4 nitrogen and oxygen atoms in total. The number of nitrogens with one attached hydrogen (secondary N) is 1. The third kappa shape index (κ3) is 4.81. The smallest absolute Gasteiger partial charge is 0.319 e. The van der Waals surface area contributed by atoms with Crippen LogP contribution < -0.4 is 11.0 Å². The highest BCUT2D eigenvalue weighted by Crippen LogP contribution is 1.99. The molecule has 0 aromatic carbocycles. The summed E-state index contributed by atoms with van der Waals surface area (Å²) in [6.45, 7) is 0.594. The standard InChI is InChI=1S/C6H13BN2O2/c7-9-5(6(10)11)3-1-2-4-8/h5,9H,1-4,8H2,(H,10,11). The first-order chi connectivity index (χ1) is 5.22. The highest BCUT2D eigenvalue weighted by molar-refractivity contribution is 6.06. The van der Waals surface area contributed by atoms with E-state index >= 15 is 0 Å². The SMILES string of the molecule is [B]NC(CCCCN)C(=O)O. The van der Waals surface area contributed by atoms with Gasteiger partial charge in [-0.05, 0) is 19.4 Å². The van der Waals surface area contributed by atoms with Crippen molar-refractivity contribution < 1.29 is 9.90 Å². The number of aliphatic carboxylic acids is 1. The summed E-state index contributed by atoms with van der Waals surface area (Å²) in [5.74, 6) is -0.912. The van der Waals surface area contributed by atoms with Crippen LogP contribution in [0, 0.1) is 0 Å². The van der Waals surface area contributed by atoms with E-state index in [0.717, 1.165) is 12.8 Å². The van der Waals surface area contributed by atoms with Crippen molar-refractivity contribution in [3.05, 3.63) is 0 Å². The summed E-state index contributed by atoms with van der Waals surface area (Å²) in [5, 5.41) is 10.7. The summed E-state index contributed by atoms with van der Waals surface area (Å²) in [4.78, 5) is 10.4. The first-order valence-corrected chi connectivity index (χ1v) is 3.61. The summed E-state index contributed by atoms with van der Waals surface area (Å²) in [6, 6.07) is -0.637. The van der Waals surface area contributed by atoms with E-state index in [9.17, 15) is 4.79 Å². The lowest BCUT2D eigenvalue weighted by Gasteiger charge is -2.09. The second-order valence-corrected chi connectivity index (χ2v) is 2.34. The van der Waals surface area contributed by atoms with Crippen LogP contribution in [-0.2, 0) is 4.79 Å². The van der Waals surface area contributed by atoms with E-state index < -0.39 is 12.0 Å². The fraction of sp³-hybridized carbons (Fsp3) is 0.833. The number of rotatable bonds is 6. The van der Waals surface area contributed by atoms with Gasteiger partial charge in [0, 0.05) is 0 Å². The average molecular weight is 156 g/mol. The second kappa shape index (κ2) is 6.18. The van der Waals surface area contributed by atoms with Crippen LogP contribution in [0.2, 0.25) is 0 Å². The Morgan fingerprint density at radius 2 is 2.27 bits per heavy atom. The zero-order valence-electron chi connectivity index (χ0n) is 6.42. The molecular weight excluding hydrogens is 143 g/mol. The number of hydrogen-bond acceptors (Lipinski definition) is 3. The molecule has 0 aliphatic rings. The van der Waals surface area contributed by atoms with Gasteiger partial charge in [-0.25, -0.2) is 0 Å². The predicted molar refractivity (Wildman–Crippen MR) is 43.2 cm³/mol. The molecule has 11 heavy (non-hydrogen) atoms. The second-order valence-electron chi connectivity index (χ2n) is 2.34. The summed E-state index contributed by atoms with van der Waals surface area (Å²) in [7, 11) is 4.99. The van der Waals surface area contributed by atoms with Crippen molar-refractivity contribution >= 4 is 14.0 Å². The van der Waals surface area contributed by atoms with Crippen molar-refractivity contribution in [2.24, 2.45) is 5.73 Å². The quantitative estimate of drug-likeness (QED) is 0.349. The molecule has 2 radical (unpaired) electrons. The lowest BCUT2D eigenvalue weighted by molar-refractivity contribution is -0.139. The number of nitrogens with two attached hydrogens (primary N) is 1. The van der Waals surface area contributed by atoms with Gasteiger partial charge in [0.05, 0.1) is 6.04 Å². The van der Waals surface area contributed by atoms with Crippen LogP contribution in [0.5, 0.6) is 0 Å². The van der Waals surface area contributed by atoms with E-state index in [1.165, 1.54) is 0 Å². The molecule has 0 bridgehead atoms. The normalized spacial score (nSPS) is 12.8. The summed E-state index contributed by atoms with van der Waals surface area (Å²) >= 11 is 0. The van der Waals surface area contributed by atoms with Gasteiger partial charge in [-0.2, -0.15) is 0 Å². The molecule has 0 heterocycles. The van der Waals surface area contributed by atoms with Crippen molar-refractivity contribution in [2.45, 2.75) is 25.3 Å². The number of carboxylic acid groups (broad SMARTS) is 1. The average Bonchev–Trinajstić information content (AvgIpc) is 1.97. The summed E-state index contributed by atoms with van der Waals surface area (Å²) < 4.78 is 0. The largest absolute Gasteiger partial charge is 0.480 e. The van der Waals surface area contributed by atoms with E-state index in [0.29, 0.717) is 13.0 Å². The maximum absolute atomic E-state index is 10.4. The molecule has 0 aromatic heterocycles. The van der Waals surface area contributed by atoms with Gasteiger partial charge in [-0.1, -0.05) is 6.42 Å². The molecule has 0 saturated heterocycles. The molecule has 1 atom stereocenters. The molecule has 0 fully saturated rings. The van der Waals surface area contributed by atoms with Gasteiger partial charge in [-0.3, -0.25) is 4.79 Å². The Hall–Kier alpha value is -0.545. The van der Waals surface area contributed by atoms with Gasteiger partial charge in [-0.15, -0.1) is 0 Å². The molecule has 4 N–H and O–H groups in total. The number of carbonyl (C=O) groups is 1. The van der Waals surface area contributed by atoms with Gasteiger partial charge in [0.1, 0.15) is 0 Å². The molecule has 0 aliphatic heterocycles. The minimum atomic E-state index is -0.912. The fourth-order valence-electron chi connectivity index (χ4n) is 0.771. The van der Waals surface area contributed by atoms with Crippen LogP contribution in [0.3, 0.4) is 0 Å². The Bertz CT molecular complexity index is 121. The van der Waals surface area contributed by atoms with Crippen LogP contribution in [0.15, 0.2) is 0 Å². The van der Waals surface area contributed by atoms with E-state index in [-0.39, 0.29) is 0 Å². The van der Waals surface area contributed by atoms with Gasteiger partial charge in [0.2, 0.25) is 0 Å². The van der Waals surface area contributed by atoms with Crippen LogP contribution >= 0.6 is 0 Å². The first-order valence-electron chi connectivity index (χ1n) is 3.61. The molecule has 0 saturated carbocycles. The van der Waals surface area contributed by atoms with Crippen LogP contribution in [0.25, 0.3) is 0 Å². The molecule has 0 rings (SSSR count). The zero-order valence-corrected chi connectivity index (χ0v) is 6.42. The van der Waals surface area contributed by atoms with Crippen molar-refractivity contribution in [1.29, 1.82) is 0 Å². The Labute approximate surface area is 67.6 Å². The molecule has 62 valence electrons. The molecule has 1 unspecified atom stereocenters. The molecule has 0 aliphatic carbocycles. The zero-order chi connectivity index (χ0) is 8.69. The molecule has 0 amide bonds. The van der Waals surface area contributed by atoms with Gasteiger partial charge in [0.15, 0.2) is 7.98 Å². The van der Waals surface area contributed by atoms with Crippen LogP contribution in [-0.4, -0.2) is 31.6 Å². The molecule has 5 heteroatoms. The Morgan fingerprint density at radius 1 is 1.64 bits per heavy atom. The Morgan fingerprint density at radius 3 is 2.64 bits per heavy atom. The van der Waals surface area contributed by atoms with Crippen molar-refractivity contribution in [2.75, 3.05) is 6.54 Å². The van der Waals surface area contributed by atoms with Crippen LogP contribution in [0.4, 0.5) is 0 Å². The number of carboxylic acids is 1. The fourth-order valence-corrected chi connectivity index (χ4v) is 0.771. The molecular formula is C6H13BN2O2. The van der Waals surface area contributed by atoms with Gasteiger partial charge < -0.3 is 16.1 Å². The Balaban J connectivity index is 3.44. The van der Waals surface area contributed by atoms with Crippen molar-refractivity contribution in [3.63, 3.8) is 0 Å². The molecule has 0 spiro atoms. The number of hydrogen-bond donors (Lipinski definition) is 3. The van der Waals surface area contributed by atoms with Gasteiger partial charge in [0.25, 0.3) is 0 Å². The van der Waals surface area contributed by atoms with E-state index in [4.69, 9.17) is 18.8 Å². The van der Waals surface area contributed by atoms with E-state index in [1.807, 2.05) is 0 Å². The maximum Gasteiger partial charge on any atom is 0.319 e. The Kier molecular flexibility index (Phi) is 5.88. The van der Waals surface area contributed by atoms with E-state index in [2.05, 4.69) is 5.23 Å². The summed E-state index contributed by atoms with van der Waals surface area (Å²) in [5.41, 5.74) is 5.23. The van der Waals surface area contributed by atoms with Crippen LogP contribution in [0.1, 0.15) is 19.3 Å². The van der Waals surface area contributed by atoms with Crippen molar-refractivity contribution in [1.82, 2.24) is 5.23 Å². The lowest BCUT2D eigenvalue weighted by atomic mass is 10.1. The molecule has 0 aromatic rings. The maximum atomic E-state index is 10.4. The summed E-state index contributed by atoms with van der Waals surface area (Å²) in [6.07, 6.45) is 2.16. The predicted octanol–water partition coefficient (Wildman–Crippen LogP) is -0.758. The minimum Gasteiger partial charge on any atom is -0.480 e. The van der Waals surface area contributed by atoms with E-state index in [1.54, 1.807) is 0 Å². The third-order valence-electron chi connectivity index (χ3n) is 1.45. The van der Waals surface area contributed by atoms with Crippen molar-refractivity contribution in [3.8, 4) is 0 Å². The highest BCUT2D eigenvalue weighted by Gasteiger charge is 2.12. The lowest BCUT2D eigenvalue weighted by Crippen LogP contribution is -2.34. The highest BCUT2D eigenvalue weighted by atomic mass is 16.4. The third-order valence-corrected chi connectivity index (χ3v) is 1.45. The minimum absolute atomic E-state index is 0.531.